The van der Waals surface area contributed by atoms with Gasteiger partial charge in [0, 0.05) is 6.42 Å². The van der Waals surface area contributed by atoms with Gasteiger partial charge in [-0.05, 0) is 70.6 Å². The molecule has 0 radical (unpaired) electrons. The van der Waals surface area contributed by atoms with Crippen LogP contribution in [0.1, 0.15) is 226 Å². The van der Waals surface area contributed by atoms with Crippen LogP contribution in [0.4, 0.5) is 0 Å². The number of phosphoric ester groups is 1. The van der Waals surface area contributed by atoms with Crippen molar-refractivity contribution in [1.29, 1.82) is 0 Å². The Morgan fingerprint density at radius 3 is 1.43 bits per heavy atom. The minimum Gasteiger partial charge on any atom is -0.387 e. The maximum absolute atomic E-state index is 12.9. The van der Waals surface area contributed by atoms with Crippen molar-refractivity contribution in [1.82, 2.24) is 5.32 Å². The molecule has 0 fully saturated rings. The van der Waals surface area contributed by atoms with E-state index in [0.29, 0.717) is 17.4 Å². The Balaban J connectivity index is 4.02. The van der Waals surface area contributed by atoms with Crippen molar-refractivity contribution in [3.8, 4) is 0 Å². The molecule has 0 bridgehead atoms. The van der Waals surface area contributed by atoms with Gasteiger partial charge in [0.2, 0.25) is 5.91 Å². The largest absolute Gasteiger partial charge is 0.472 e. The molecule has 0 aromatic rings. The van der Waals surface area contributed by atoms with E-state index in [9.17, 15) is 19.4 Å². The predicted molar refractivity (Wildman–Crippen MR) is 272 cm³/mol. The Morgan fingerprint density at radius 2 is 0.968 bits per heavy atom. The summed E-state index contributed by atoms with van der Waals surface area (Å²) >= 11 is 0. The number of aliphatic hydroxyl groups is 1. The number of likely N-dealkylation sites (N-methyl/N-ethyl adjacent to an activating group) is 1. The molecule has 0 aliphatic heterocycles. The van der Waals surface area contributed by atoms with Crippen LogP contribution in [0.15, 0.2) is 60.8 Å². The van der Waals surface area contributed by atoms with Gasteiger partial charge in [-0.15, -0.1) is 0 Å². The van der Waals surface area contributed by atoms with Gasteiger partial charge < -0.3 is 19.8 Å². The van der Waals surface area contributed by atoms with E-state index < -0.39 is 20.0 Å². The standard InChI is InChI=1S/C54H101N2O6P/c1-6-8-10-12-14-16-18-19-20-21-22-23-24-25-26-27-28-29-30-31-32-33-34-35-36-37-38-40-42-44-46-48-54(58)55-52(51-62-63(59,60)61-50-49-56(3,4)5)53(57)47-45-43-41-39-17-15-13-11-9-7-2/h9,11,17-19,21-22,39,45,47,52-53,57H,6-8,10,12-16,20,23-38,40-44,46,48-51H2,1-5H3,(H-,55,58,59,60)/p+1/b11-9+,19-18-,22-21-,39-17+,47-45+. The van der Waals surface area contributed by atoms with Crippen LogP contribution < -0.4 is 5.32 Å². The molecule has 0 spiro atoms. The van der Waals surface area contributed by atoms with Crippen LogP contribution in [-0.2, 0) is 18.4 Å². The first-order valence-electron chi connectivity index (χ1n) is 26.2. The number of quaternary nitrogens is 1. The van der Waals surface area contributed by atoms with Gasteiger partial charge in [-0.3, -0.25) is 13.8 Å². The molecule has 0 rings (SSSR count). The Hall–Kier alpha value is -1.80. The summed E-state index contributed by atoms with van der Waals surface area (Å²) in [4.78, 5) is 23.1. The van der Waals surface area contributed by atoms with Crippen molar-refractivity contribution < 1.29 is 32.9 Å². The van der Waals surface area contributed by atoms with Gasteiger partial charge in [0.05, 0.1) is 39.9 Å². The fourth-order valence-corrected chi connectivity index (χ4v) is 8.08. The van der Waals surface area contributed by atoms with Crippen LogP contribution in [0.5, 0.6) is 0 Å². The molecule has 0 heterocycles. The van der Waals surface area contributed by atoms with E-state index in [0.717, 1.165) is 57.8 Å². The molecule has 0 saturated heterocycles. The first-order chi connectivity index (χ1) is 30.5. The molecule has 3 atom stereocenters. The van der Waals surface area contributed by atoms with Crippen molar-refractivity contribution in [2.75, 3.05) is 40.9 Å². The van der Waals surface area contributed by atoms with E-state index in [1.165, 1.54) is 148 Å². The van der Waals surface area contributed by atoms with Crippen molar-refractivity contribution >= 4 is 13.7 Å². The van der Waals surface area contributed by atoms with Crippen molar-refractivity contribution in [2.45, 2.75) is 238 Å². The van der Waals surface area contributed by atoms with E-state index in [1.807, 2.05) is 27.2 Å². The summed E-state index contributed by atoms with van der Waals surface area (Å²) in [6.07, 6.45) is 60.6. The highest BCUT2D eigenvalue weighted by Crippen LogP contribution is 2.43. The number of hydrogen-bond acceptors (Lipinski definition) is 5. The zero-order valence-electron chi connectivity index (χ0n) is 41.8. The molecule has 8 nitrogen and oxygen atoms in total. The number of allylic oxidation sites excluding steroid dienone is 9. The van der Waals surface area contributed by atoms with Crippen LogP contribution in [0.3, 0.4) is 0 Å². The average Bonchev–Trinajstić information content (AvgIpc) is 3.24. The van der Waals surface area contributed by atoms with Crippen molar-refractivity contribution in [3.63, 3.8) is 0 Å². The van der Waals surface area contributed by atoms with E-state index in [2.05, 4.69) is 67.8 Å². The third-order valence-electron chi connectivity index (χ3n) is 11.4. The molecule has 63 heavy (non-hydrogen) atoms. The molecule has 0 aromatic heterocycles. The number of hydrogen-bond donors (Lipinski definition) is 3. The average molecular weight is 906 g/mol. The van der Waals surface area contributed by atoms with E-state index in [4.69, 9.17) is 9.05 Å². The highest BCUT2D eigenvalue weighted by atomic mass is 31.2. The summed E-state index contributed by atoms with van der Waals surface area (Å²) in [5, 5.41) is 13.8. The van der Waals surface area contributed by atoms with Gasteiger partial charge in [0.25, 0.3) is 0 Å². The molecule has 0 aliphatic rings. The lowest BCUT2D eigenvalue weighted by molar-refractivity contribution is -0.870. The summed E-state index contributed by atoms with van der Waals surface area (Å²) in [7, 11) is 1.54. The third kappa shape index (κ3) is 48.0. The van der Waals surface area contributed by atoms with Gasteiger partial charge in [-0.1, -0.05) is 209 Å². The molecule has 368 valence electrons. The minimum atomic E-state index is -4.35. The number of rotatable bonds is 47. The fourth-order valence-electron chi connectivity index (χ4n) is 7.35. The number of nitrogens with one attached hydrogen (secondary N) is 1. The molecule has 9 heteroatoms. The summed E-state index contributed by atoms with van der Waals surface area (Å²) < 4.78 is 23.5. The zero-order valence-corrected chi connectivity index (χ0v) is 42.7. The zero-order chi connectivity index (χ0) is 46.4. The normalized spacial score (nSPS) is 14.6. The van der Waals surface area contributed by atoms with Gasteiger partial charge >= 0.3 is 7.82 Å². The highest BCUT2D eigenvalue weighted by Gasteiger charge is 2.27. The Labute approximate surface area is 390 Å². The first kappa shape index (κ1) is 61.2. The molecule has 1 amide bonds. The van der Waals surface area contributed by atoms with Crippen LogP contribution in [0.25, 0.3) is 0 Å². The molecular weight excluding hydrogens is 804 g/mol. The summed E-state index contributed by atoms with van der Waals surface area (Å²) in [6.45, 7) is 4.65. The predicted octanol–water partition coefficient (Wildman–Crippen LogP) is 15.4. The lowest BCUT2D eigenvalue weighted by Crippen LogP contribution is -2.45. The monoisotopic (exact) mass is 906 g/mol. The molecule has 3 N–H and O–H groups in total. The van der Waals surface area contributed by atoms with Gasteiger partial charge in [-0.2, -0.15) is 0 Å². The maximum atomic E-state index is 12.9. The lowest BCUT2D eigenvalue weighted by atomic mass is 10.0. The maximum Gasteiger partial charge on any atom is 0.472 e. The first-order valence-corrected chi connectivity index (χ1v) is 27.7. The number of aliphatic hydroxyl groups excluding tert-OH is 1. The SMILES string of the molecule is CC/C=C/CC/C=C/CC/C=C/C(O)C(COP(=O)(O)OCC[N+](C)(C)C)NC(=O)CCCCCCCCCCCCCCCCCCCCC/C=C\C/C=C\CCCCCCC. The molecule has 3 unspecified atom stereocenters. The number of carbonyl (C=O) groups is 1. The number of nitrogens with zero attached hydrogens (tertiary/aromatic N) is 1. The van der Waals surface area contributed by atoms with Crippen LogP contribution in [-0.4, -0.2) is 73.4 Å². The van der Waals surface area contributed by atoms with Crippen LogP contribution in [0.2, 0.25) is 0 Å². The van der Waals surface area contributed by atoms with Crippen LogP contribution in [0, 0.1) is 0 Å². The number of unbranched alkanes of at least 4 members (excludes halogenated alkanes) is 26. The minimum absolute atomic E-state index is 0.0525. The Morgan fingerprint density at radius 1 is 0.556 bits per heavy atom. The van der Waals surface area contributed by atoms with Crippen molar-refractivity contribution in [3.05, 3.63) is 60.8 Å². The second kappa shape index (κ2) is 45.4. The smallest absolute Gasteiger partial charge is 0.387 e. The Kier molecular flexibility index (Phi) is 44.1. The third-order valence-corrected chi connectivity index (χ3v) is 12.4. The molecule has 0 aromatic carbocycles. The van der Waals surface area contributed by atoms with Gasteiger partial charge in [0.1, 0.15) is 13.2 Å². The molecule has 0 saturated carbocycles. The van der Waals surface area contributed by atoms with Gasteiger partial charge in [0.15, 0.2) is 0 Å². The van der Waals surface area contributed by atoms with E-state index in [-0.39, 0.29) is 19.1 Å². The molecular formula is C54H102N2O6P+. The number of phosphoric acid groups is 1. The fraction of sp³-hybridized carbons (Fsp3) is 0.796. The summed E-state index contributed by atoms with van der Waals surface area (Å²) in [6, 6.07) is -0.868. The van der Waals surface area contributed by atoms with E-state index >= 15 is 0 Å². The molecule has 0 aliphatic carbocycles. The van der Waals surface area contributed by atoms with Crippen LogP contribution >= 0.6 is 7.82 Å². The summed E-state index contributed by atoms with van der Waals surface area (Å²) in [5.74, 6) is -0.193. The number of carbonyl (C=O) groups excluding carboxylic acids is 1. The topological polar surface area (TPSA) is 105 Å². The van der Waals surface area contributed by atoms with Crippen molar-refractivity contribution in [2.24, 2.45) is 0 Å². The quantitative estimate of drug-likeness (QED) is 0.0243. The van der Waals surface area contributed by atoms with E-state index in [1.54, 1.807) is 6.08 Å². The highest BCUT2D eigenvalue weighted by molar-refractivity contribution is 7.47. The lowest BCUT2D eigenvalue weighted by Gasteiger charge is -2.25. The summed E-state index contributed by atoms with van der Waals surface area (Å²) in [5.41, 5.74) is 0. The number of amides is 1. The Bertz CT molecular complexity index is 1210. The van der Waals surface area contributed by atoms with Gasteiger partial charge in [-0.25, -0.2) is 4.57 Å². The second-order valence-electron chi connectivity index (χ2n) is 18.8. The second-order valence-corrected chi connectivity index (χ2v) is 20.3.